The van der Waals surface area contributed by atoms with Gasteiger partial charge in [-0.1, -0.05) is 60.7 Å². The van der Waals surface area contributed by atoms with Gasteiger partial charge in [0.2, 0.25) is 17.8 Å². The molecule has 0 saturated heterocycles. The molecule has 0 fully saturated rings. The summed E-state index contributed by atoms with van der Waals surface area (Å²) in [4.78, 5) is 13.5. The Morgan fingerprint density at radius 3 is 1.93 bits per heavy atom. The molecule has 27 heavy (non-hydrogen) atoms. The molecule has 1 aromatic heterocycles. The molecule has 0 aliphatic rings. The van der Waals surface area contributed by atoms with E-state index in [9.17, 15) is 4.79 Å². The van der Waals surface area contributed by atoms with Crippen LogP contribution in [0.5, 0.6) is 0 Å². The number of para-hydroxylation sites is 1. The van der Waals surface area contributed by atoms with Crippen LogP contribution in [0.15, 0.2) is 97.2 Å². The predicted octanol–water partition coefficient (Wildman–Crippen LogP) is 5.32. The van der Waals surface area contributed by atoms with E-state index >= 15 is 0 Å². The fraction of sp³-hybridized carbons (Fsp3) is 0.0400. The molecule has 0 amide bonds. The number of carbonyl (C=O) groups excluding carboxylic acids is 1. The van der Waals surface area contributed by atoms with Gasteiger partial charge in [0, 0.05) is 23.1 Å². The second-order valence-electron chi connectivity index (χ2n) is 6.81. The molecule has 0 aliphatic heterocycles. The molecule has 0 atom stereocenters. The zero-order valence-electron chi connectivity index (χ0n) is 14.8. The van der Waals surface area contributed by atoms with Crippen molar-refractivity contribution in [2.45, 2.75) is 6.54 Å². The summed E-state index contributed by atoms with van der Waals surface area (Å²) in [5, 5.41) is 5.37. The largest absolute Gasteiger partial charge is 0.287 e. The van der Waals surface area contributed by atoms with Crippen LogP contribution in [0, 0.1) is 0 Å². The summed E-state index contributed by atoms with van der Waals surface area (Å²) in [5.41, 5.74) is 1.88. The van der Waals surface area contributed by atoms with Gasteiger partial charge < -0.3 is 0 Å². The molecule has 1 heterocycles. The van der Waals surface area contributed by atoms with E-state index in [0.29, 0.717) is 6.54 Å². The van der Waals surface area contributed by atoms with Crippen molar-refractivity contribution in [3.05, 3.63) is 103 Å². The number of fused-ring (bicyclic) bond motifs is 3. The van der Waals surface area contributed by atoms with E-state index in [1.807, 2.05) is 65.4 Å². The fourth-order valence-corrected chi connectivity index (χ4v) is 3.91. The van der Waals surface area contributed by atoms with Crippen molar-refractivity contribution in [1.82, 2.24) is 0 Å². The fourth-order valence-electron chi connectivity index (χ4n) is 3.91. The van der Waals surface area contributed by atoms with Gasteiger partial charge in [-0.3, -0.25) is 4.79 Å². The van der Waals surface area contributed by atoms with Crippen molar-refractivity contribution in [1.29, 1.82) is 0 Å². The quantitative estimate of drug-likeness (QED) is 0.246. The molecule has 0 radical (unpaired) electrons. The number of pyridine rings is 1. The lowest BCUT2D eigenvalue weighted by atomic mass is 9.94. The zero-order valence-corrected chi connectivity index (χ0v) is 14.8. The molecule has 2 nitrogen and oxygen atoms in total. The Morgan fingerprint density at radius 1 is 0.667 bits per heavy atom. The zero-order chi connectivity index (χ0) is 18.2. The van der Waals surface area contributed by atoms with Crippen LogP contribution >= 0.6 is 0 Å². The second-order valence-corrected chi connectivity index (χ2v) is 6.81. The third-order valence-corrected chi connectivity index (χ3v) is 5.15. The number of hydrogen-bond acceptors (Lipinski definition) is 1. The topological polar surface area (TPSA) is 20.9 Å². The number of carbonyl (C=O) groups is 1. The first-order valence-corrected chi connectivity index (χ1v) is 9.12. The summed E-state index contributed by atoms with van der Waals surface area (Å²) >= 11 is 0. The molecule has 0 spiro atoms. The molecule has 4 aromatic carbocycles. The van der Waals surface area contributed by atoms with Gasteiger partial charge in [0.25, 0.3) is 0 Å². The van der Waals surface area contributed by atoms with Crippen molar-refractivity contribution in [3.63, 3.8) is 0 Å². The minimum atomic E-state index is 0.129. The van der Waals surface area contributed by atoms with Crippen molar-refractivity contribution in [2.24, 2.45) is 0 Å². The van der Waals surface area contributed by atoms with Gasteiger partial charge in [-0.2, -0.15) is 4.57 Å². The van der Waals surface area contributed by atoms with Crippen LogP contribution in [0.3, 0.4) is 0 Å². The summed E-state index contributed by atoms with van der Waals surface area (Å²) in [5.74, 6) is 0.129. The summed E-state index contributed by atoms with van der Waals surface area (Å²) < 4.78 is 2.04. The average molecular weight is 348 g/mol. The highest BCUT2D eigenvalue weighted by Crippen LogP contribution is 2.29. The molecular formula is C25H18NO+. The van der Waals surface area contributed by atoms with Crippen molar-refractivity contribution >= 4 is 38.2 Å². The Morgan fingerprint density at radius 2 is 1.22 bits per heavy atom. The maximum atomic E-state index is 13.5. The highest BCUT2D eigenvalue weighted by atomic mass is 16.1. The molecule has 0 unspecified atom stereocenters. The molecular weight excluding hydrogens is 330 g/mol. The number of aromatic nitrogens is 1. The number of Topliss-reactive ketones (excluding diaryl/α,β-unsaturated/α-hetero) is 1. The van der Waals surface area contributed by atoms with Crippen molar-refractivity contribution in [2.75, 3.05) is 0 Å². The lowest BCUT2D eigenvalue weighted by Gasteiger charge is -2.10. The minimum absolute atomic E-state index is 0.129. The van der Waals surface area contributed by atoms with Gasteiger partial charge in [-0.05, 0) is 39.7 Å². The van der Waals surface area contributed by atoms with Crippen LogP contribution in [-0.4, -0.2) is 5.78 Å². The Balaban J connectivity index is 1.71. The number of nitrogens with zero attached hydrogens (tertiary/aromatic N) is 1. The lowest BCUT2D eigenvalue weighted by Crippen LogP contribution is -2.38. The van der Waals surface area contributed by atoms with Gasteiger partial charge in [-0.25, -0.2) is 0 Å². The van der Waals surface area contributed by atoms with E-state index in [4.69, 9.17) is 0 Å². The maximum Gasteiger partial charge on any atom is 0.228 e. The molecule has 5 rings (SSSR count). The van der Waals surface area contributed by atoms with E-state index in [1.165, 1.54) is 0 Å². The van der Waals surface area contributed by atoms with E-state index in [0.717, 1.165) is 38.0 Å². The Hall–Kier alpha value is -3.52. The molecule has 5 aromatic rings. The first-order valence-electron chi connectivity index (χ1n) is 9.12. The summed E-state index contributed by atoms with van der Waals surface area (Å²) in [7, 11) is 0. The Labute approximate surface area is 157 Å². The van der Waals surface area contributed by atoms with Crippen LogP contribution in [0.4, 0.5) is 0 Å². The van der Waals surface area contributed by atoms with Gasteiger partial charge in [0.05, 0.1) is 0 Å². The van der Waals surface area contributed by atoms with Crippen LogP contribution in [-0.2, 0) is 6.54 Å². The molecule has 0 aliphatic carbocycles. The lowest BCUT2D eigenvalue weighted by molar-refractivity contribution is -0.657. The van der Waals surface area contributed by atoms with E-state index in [2.05, 4.69) is 36.4 Å². The predicted molar refractivity (Wildman–Crippen MR) is 110 cm³/mol. The number of benzene rings is 4. The molecule has 0 saturated carbocycles. The van der Waals surface area contributed by atoms with Crippen LogP contribution in [0.2, 0.25) is 0 Å². The molecule has 0 N–H and O–H groups in total. The van der Waals surface area contributed by atoms with Crippen molar-refractivity contribution < 1.29 is 9.36 Å². The SMILES string of the molecule is O=C(C[n+]1cccc2ccccc21)c1c2ccccc2cc2ccccc12. The number of hydrogen-bond donors (Lipinski definition) is 0. The third kappa shape index (κ3) is 2.67. The normalized spacial score (nSPS) is 11.3. The number of ketones is 1. The number of rotatable bonds is 3. The summed E-state index contributed by atoms with van der Waals surface area (Å²) in [6.07, 6.45) is 1.98. The Bertz CT molecular complexity index is 1260. The maximum absolute atomic E-state index is 13.5. The molecule has 0 bridgehead atoms. The molecule has 2 heteroatoms. The van der Waals surface area contributed by atoms with Crippen LogP contribution in [0.1, 0.15) is 10.4 Å². The minimum Gasteiger partial charge on any atom is -0.287 e. The average Bonchev–Trinajstić information content (AvgIpc) is 2.72. The standard InChI is InChI=1S/C25H18NO/c27-24(17-26-15-7-11-18-8-3-6-14-23(18)26)25-21-12-4-1-9-19(21)16-20-10-2-5-13-22(20)25/h1-16H,17H2/q+1. The third-order valence-electron chi connectivity index (χ3n) is 5.15. The van der Waals surface area contributed by atoms with Gasteiger partial charge in [-0.15, -0.1) is 0 Å². The van der Waals surface area contributed by atoms with E-state index in [-0.39, 0.29) is 5.78 Å². The van der Waals surface area contributed by atoms with Gasteiger partial charge in [0.1, 0.15) is 0 Å². The summed E-state index contributed by atoms with van der Waals surface area (Å²) in [6.45, 7) is 0.319. The monoisotopic (exact) mass is 348 g/mol. The van der Waals surface area contributed by atoms with E-state index in [1.54, 1.807) is 0 Å². The second kappa shape index (κ2) is 6.33. The van der Waals surface area contributed by atoms with Gasteiger partial charge in [0.15, 0.2) is 6.20 Å². The first-order chi connectivity index (χ1) is 13.3. The molecule has 128 valence electrons. The van der Waals surface area contributed by atoms with Crippen LogP contribution in [0.25, 0.3) is 32.4 Å². The van der Waals surface area contributed by atoms with Gasteiger partial charge >= 0.3 is 0 Å². The first kappa shape index (κ1) is 15.7. The smallest absolute Gasteiger partial charge is 0.228 e. The van der Waals surface area contributed by atoms with Crippen molar-refractivity contribution in [3.8, 4) is 0 Å². The van der Waals surface area contributed by atoms with E-state index < -0.39 is 0 Å². The highest BCUT2D eigenvalue weighted by molar-refractivity contribution is 6.18. The summed E-state index contributed by atoms with van der Waals surface area (Å²) in [6, 6.07) is 30.7. The highest BCUT2D eigenvalue weighted by Gasteiger charge is 2.20. The van der Waals surface area contributed by atoms with Crippen LogP contribution < -0.4 is 4.57 Å². The Kier molecular flexibility index (Phi) is 3.68.